The number of halogens is 1. The first-order valence-corrected chi connectivity index (χ1v) is 9.41. The number of rotatable bonds is 0. The summed E-state index contributed by atoms with van der Waals surface area (Å²) in [4.78, 5) is 25.7. The number of nitrogens with zero attached hydrogens (tertiary/aromatic N) is 2. The predicted octanol–water partition coefficient (Wildman–Crippen LogP) is 4.98. The Kier molecular flexibility index (Phi) is 2.83. The first-order valence-electron chi connectivity index (χ1n) is 8.61. The summed E-state index contributed by atoms with van der Waals surface area (Å²) in [7, 11) is 1.90. The molecule has 0 unspecified atom stereocenters. The smallest absolute Gasteiger partial charge is 0.286 e. The van der Waals surface area contributed by atoms with Crippen LogP contribution in [0.2, 0.25) is 0 Å². The van der Waals surface area contributed by atoms with E-state index in [9.17, 15) is 14.8 Å². The number of furan rings is 1. The lowest BCUT2D eigenvalue weighted by Gasteiger charge is -2.03. The Morgan fingerprint density at radius 2 is 1.68 bits per heavy atom. The van der Waals surface area contributed by atoms with Crippen LogP contribution in [0.25, 0.3) is 43.7 Å². The van der Waals surface area contributed by atoms with Crippen molar-refractivity contribution in [3.05, 3.63) is 58.1 Å². The summed E-state index contributed by atoms with van der Waals surface area (Å²) in [6.45, 7) is 0. The third-order valence-electron chi connectivity index (χ3n) is 5.54. The Morgan fingerprint density at radius 1 is 0.964 bits per heavy atom. The predicted molar refractivity (Wildman–Crippen MR) is 108 cm³/mol. The van der Waals surface area contributed by atoms with Crippen molar-refractivity contribution in [2.24, 2.45) is 7.05 Å². The number of aryl methyl sites for hydroxylation is 1. The number of hydrogen-bond acceptors (Lipinski definition) is 4. The van der Waals surface area contributed by atoms with Crippen LogP contribution in [0.5, 0.6) is 0 Å². The van der Waals surface area contributed by atoms with Gasteiger partial charge in [-0.2, -0.15) is 0 Å². The minimum absolute atomic E-state index is 0.187. The van der Waals surface area contributed by atoms with Gasteiger partial charge in [-0.05, 0) is 24.3 Å². The topological polar surface area (TPSA) is 75.7 Å². The van der Waals surface area contributed by atoms with Crippen molar-refractivity contribution in [2.75, 3.05) is 0 Å². The first-order chi connectivity index (χ1) is 13.5. The van der Waals surface area contributed by atoms with E-state index in [2.05, 4.69) is 15.9 Å². The standard InChI is InChI=1S/C21H11BrN2O4/c1-23-12-5-3-2-4-10(12)14-16-17(21(26)24(27)20(16)25)15-11-7-6-9(22)8-13(11)28-19(15)18(14)23/h2-8,27H,1H3. The molecule has 1 N–H and O–H groups in total. The lowest BCUT2D eigenvalue weighted by atomic mass is 9.97. The van der Waals surface area contributed by atoms with E-state index >= 15 is 0 Å². The summed E-state index contributed by atoms with van der Waals surface area (Å²) in [6.07, 6.45) is 0. The Balaban J connectivity index is 2.03. The highest BCUT2D eigenvalue weighted by Crippen LogP contribution is 2.45. The zero-order valence-corrected chi connectivity index (χ0v) is 16.1. The molecule has 0 spiro atoms. The lowest BCUT2D eigenvalue weighted by Crippen LogP contribution is -2.25. The van der Waals surface area contributed by atoms with Crippen LogP contribution in [0.4, 0.5) is 0 Å². The summed E-state index contributed by atoms with van der Waals surface area (Å²) in [5.74, 6) is -1.44. The molecule has 0 radical (unpaired) electrons. The Labute approximate surface area is 165 Å². The van der Waals surface area contributed by atoms with Gasteiger partial charge in [0.05, 0.1) is 16.6 Å². The van der Waals surface area contributed by atoms with Crippen LogP contribution < -0.4 is 0 Å². The van der Waals surface area contributed by atoms with E-state index < -0.39 is 11.8 Å². The fraction of sp³-hybridized carbons (Fsp3) is 0.0476. The van der Waals surface area contributed by atoms with Crippen LogP contribution in [0, 0.1) is 0 Å². The largest absolute Gasteiger partial charge is 0.454 e. The molecule has 0 saturated carbocycles. The minimum atomic E-state index is -0.731. The third-order valence-corrected chi connectivity index (χ3v) is 6.03. The molecule has 5 aromatic rings. The van der Waals surface area contributed by atoms with E-state index in [1.807, 2.05) is 54.1 Å². The second-order valence-electron chi connectivity index (χ2n) is 6.92. The maximum absolute atomic E-state index is 12.8. The lowest BCUT2D eigenvalue weighted by molar-refractivity contribution is -0.0325. The summed E-state index contributed by atoms with van der Waals surface area (Å²) in [6, 6.07) is 13.2. The monoisotopic (exact) mass is 434 g/mol. The van der Waals surface area contributed by atoms with Crippen molar-refractivity contribution < 1.29 is 19.2 Å². The van der Waals surface area contributed by atoms with Gasteiger partial charge >= 0.3 is 0 Å². The molecule has 2 aromatic heterocycles. The van der Waals surface area contributed by atoms with Gasteiger partial charge in [0.1, 0.15) is 5.58 Å². The molecule has 7 heteroatoms. The number of fused-ring (bicyclic) bond motifs is 10. The molecule has 1 aliphatic heterocycles. The zero-order chi connectivity index (χ0) is 19.3. The van der Waals surface area contributed by atoms with Crippen molar-refractivity contribution in [3.63, 3.8) is 0 Å². The minimum Gasteiger partial charge on any atom is -0.454 e. The van der Waals surface area contributed by atoms with E-state index in [1.54, 1.807) is 0 Å². The van der Waals surface area contributed by atoms with Gasteiger partial charge in [0.15, 0.2) is 5.58 Å². The van der Waals surface area contributed by atoms with Gasteiger partial charge in [-0.3, -0.25) is 14.8 Å². The Morgan fingerprint density at radius 3 is 2.46 bits per heavy atom. The second-order valence-corrected chi connectivity index (χ2v) is 7.83. The van der Waals surface area contributed by atoms with Gasteiger partial charge in [-0.15, -0.1) is 5.06 Å². The van der Waals surface area contributed by atoms with Crippen molar-refractivity contribution >= 4 is 71.5 Å². The Bertz CT molecular complexity index is 1540. The van der Waals surface area contributed by atoms with Crippen molar-refractivity contribution in [1.82, 2.24) is 9.63 Å². The van der Waals surface area contributed by atoms with Crippen LogP contribution in [-0.2, 0) is 7.05 Å². The molecule has 6 rings (SSSR count). The number of carbonyl (C=O) groups excluding carboxylic acids is 2. The van der Waals surface area contributed by atoms with E-state index in [-0.39, 0.29) is 16.2 Å². The molecule has 0 aliphatic carbocycles. The van der Waals surface area contributed by atoms with Crippen LogP contribution >= 0.6 is 15.9 Å². The molecule has 0 saturated heterocycles. The number of hydroxylamine groups is 2. The molecule has 0 fully saturated rings. The summed E-state index contributed by atoms with van der Waals surface area (Å²) < 4.78 is 8.99. The van der Waals surface area contributed by atoms with Crippen molar-refractivity contribution in [2.45, 2.75) is 0 Å². The van der Waals surface area contributed by atoms with Crippen molar-refractivity contribution in [3.8, 4) is 0 Å². The number of aromatic nitrogens is 1. The second kappa shape index (κ2) is 5.01. The van der Waals surface area contributed by atoms with Crippen LogP contribution in [-0.4, -0.2) is 26.7 Å². The number of para-hydroxylation sites is 1. The molecule has 2 amide bonds. The highest BCUT2D eigenvalue weighted by Gasteiger charge is 2.41. The summed E-state index contributed by atoms with van der Waals surface area (Å²) >= 11 is 3.44. The molecular weight excluding hydrogens is 424 g/mol. The molecule has 6 nitrogen and oxygen atoms in total. The van der Waals surface area contributed by atoms with E-state index in [0.29, 0.717) is 21.9 Å². The maximum Gasteiger partial charge on any atom is 0.286 e. The fourth-order valence-corrected chi connectivity index (χ4v) is 4.72. The van der Waals surface area contributed by atoms with Gasteiger partial charge in [0, 0.05) is 38.6 Å². The summed E-state index contributed by atoms with van der Waals surface area (Å²) in [5, 5.41) is 13.0. The number of imide groups is 1. The van der Waals surface area contributed by atoms with E-state index in [4.69, 9.17) is 4.42 Å². The molecule has 0 atom stereocenters. The number of amides is 2. The maximum atomic E-state index is 12.8. The molecule has 3 aromatic carbocycles. The third kappa shape index (κ3) is 1.67. The number of carbonyl (C=O) groups is 2. The van der Waals surface area contributed by atoms with Crippen LogP contribution in [0.1, 0.15) is 20.7 Å². The van der Waals surface area contributed by atoms with Gasteiger partial charge in [0.2, 0.25) is 0 Å². The van der Waals surface area contributed by atoms with Gasteiger partial charge in [-0.1, -0.05) is 34.1 Å². The van der Waals surface area contributed by atoms with E-state index in [1.165, 1.54) is 0 Å². The summed E-state index contributed by atoms with van der Waals surface area (Å²) in [5.41, 5.74) is 3.16. The molecule has 136 valence electrons. The average Bonchev–Trinajstić information content (AvgIpc) is 3.27. The fourth-order valence-electron chi connectivity index (χ4n) is 4.38. The zero-order valence-electron chi connectivity index (χ0n) is 14.5. The van der Waals surface area contributed by atoms with Crippen LogP contribution in [0.15, 0.2) is 51.4 Å². The molecular formula is C21H11BrN2O4. The molecule has 0 bridgehead atoms. The number of hydrogen-bond donors (Lipinski definition) is 1. The van der Waals surface area contributed by atoms with E-state index in [0.717, 1.165) is 26.3 Å². The molecule has 28 heavy (non-hydrogen) atoms. The normalized spacial score (nSPS) is 14.3. The van der Waals surface area contributed by atoms with Crippen molar-refractivity contribution in [1.29, 1.82) is 0 Å². The van der Waals surface area contributed by atoms with Gasteiger partial charge in [-0.25, -0.2) is 0 Å². The first kappa shape index (κ1) is 15.9. The molecule has 3 heterocycles. The Hall–Kier alpha value is -3.16. The SMILES string of the molecule is Cn1c2ccccc2c2c3c(c4c5ccc(Br)cc5oc4c21)C(=O)N(O)C3=O. The quantitative estimate of drug-likeness (QED) is 0.275. The average molecular weight is 435 g/mol. The van der Waals surface area contributed by atoms with Gasteiger partial charge in [0.25, 0.3) is 11.8 Å². The molecule has 1 aliphatic rings. The number of benzene rings is 3. The van der Waals surface area contributed by atoms with Gasteiger partial charge < -0.3 is 8.98 Å². The van der Waals surface area contributed by atoms with Crippen LogP contribution in [0.3, 0.4) is 0 Å². The highest BCUT2D eigenvalue weighted by atomic mass is 79.9. The highest BCUT2D eigenvalue weighted by molar-refractivity contribution is 9.10.